The van der Waals surface area contributed by atoms with E-state index in [1.807, 2.05) is 18.2 Å². The summed E-state index contributed by atoms with van der Waals surface area (Å²) in [6, 6.07) is 12.2. The lowest BCUT2D eigenvalue weighted by molar-refractivity contribution is -0.142. The Balaban J connectivity index is 1.93. The van der Waals surface area contributed by atoms with Gasteiger partial charge in [-0.3, -0.25) is 4.79 Å². The summed E-state index contributed by atoms with van der Waals surface area (Å²) in [6.07, 6.45) is 1.97. The number of nitrogens with zero attached hydrogens (tertiary/aromatic N) is 1. The molecule has 0 radical (unpaired) electrons. The van der Waals surface area contributed by atoms with E-state index in [1.54, 1.807) is 23.1 Å². The summed E-state index contributed by atoms with van der Waals surface area (Å²) in [4.78, 5) is 28.1. The first-order chi connectivity index (χ1) is 14.6. The van der Waals surface area contributed by atoms with Gasteiger partial charge in [-0.25, -0.2) is 4.79 Å². The molecule has 7 heteroatoms. The minimum atomic E-state index is -1.03. The number of hydrogen-bond donors (Lipinski definition) is 0. The number of carbonyl (C=O) groups excluding carboxylic acids is 2. The van der Waals surface area contributed by atoms with Gasteiger partial charge < -0.3 is 23.8 Å². The predicted octanol–water partition coefficient (Wildman–Crippen LogP) is 3.62. The van der Waals surface area contributed by atoms with Gasteiger partial charge in [0.15, 0.2) is 11.5 Å². The molecule has 1 saturated heterocycles. The highest BCUT2D eigenvalue weighted by Gasteiger charge is 2.32. The van der Waals surface area contributed by atoms with Gasteiger partial charge in [0, 0.05) is 18.7 Å². The van der Waals surface area contributed by atoms with Crippen LogP contribution in [-0.2, 0) is 9.53 Å². The van der Waals surface area contributed by atoms with E-state index in [4.69, 9.17) is 18.9 Å². The van der Waals surface area contributed by atoms with Crippen molar-refractivity contribution in [2.75, 3.05) is 34.4 Å². The average Bonchev–Trinajstić information content (AvgIpc) is 2.81. The summed E-state index contributed by atoms with van der Waals surface area (Å²) < 4.78 is 21.8. The molecule has 2 aromatic carbocycles. The quantitative estimate of drug-likeness (QED) is 0.646. The number of amides is 1. The predicted molar refractivity (Wildman–Crippen MR) is 111 cm³/mol. The topological polar surface area (TPSA) is 74.3 Å². The number of rotatable bonds is 7. The van der Waals surface area contributed by atoms with Crippen molar-refractivity contribution in [1.82, 2.24) is 4.90 Å². The van der Waals surface area contributed by atoms with Gasteiger partial charge in [-0.1, -0.05) is 30.3 Å². The Morgan fingerprint density at radius 2 is 1.50 bits per heavy atom. The molecule has 2 aromatic rings. The van der Waals surface area contributed by atoms with Crippen LogP contribution in [0.2, 0.25) is 0 Å². The van der Waals surface area contributed by atoms with Gasteiger partial charge in [0.2, 0.25) is 11.9 Å². The Morgan fingerprint density at radius 1 is 0.833 bits per heavy atom. The lowest BCUT2D eigenvalue weighted by Gasteiger charge is -2.30. The van der Waals surface area contributed by atoms with Crippen LogP contribution in [0.4, 0.5) is 0 Å². The van der Waals surface area contributed by atoms with Crippen molar-refractivity contribution in [1.29, 1.82) is 0 Å². The first kappa shape index (κ1) is 21.5. The molecule has 1 heterocycles. The molecule has 0 bridgehead atoms. The van der Waals surface area contributed by atoms with E-state index in [2.05, 4.69) is 0 Å². The Labute approximate surface area is 176 Å². The average molecular weight is 413 g/mol. The minimum absolute atomic E-state index is 0.155. The number of piperidine rings is 1. The molecule has 0 N–H and O–H groups in total. The van der Waals surface area contributed by atoms with Gasteiger partial charge in [0.05, 0.1) is 21.3 Å². The largest absolute Gasteiger partial charge is 0.493 e. The molecule has 0 saturated carbocycles. The first-order valence-electron chi connectivity index (χ1n) is 9.94. The number of ether oxygens (including phenoxy) is 4. The van der Waals surface area contributed by atoms with Crippen molar-refractivity contribution in [3.8, 4) is 17.2 Å². The maximum atomic E-state index is 13.2. The third-order valence-electron chi connectivity index (χ3n) is 5.14. The molecule has 1 amide bonds. The maximum Gasteiger partial charge on any atom is 0.343 e. The number of carbonyl (C=O) groups is 2. The highest BCUT2D eigenvalue weighted by Crippen LogP contribution is 2.40. The van der Waals surface area contributed by atoms with E-state index in [-0.39, 0.29) is 23.0 Å². The number of likely N-dealkylation sites (tertiary alicyclic amines) is 1. The molecule has 1 fully saturated rings. The Bertz CT molecular complexity index is 877. The third-order valence-corrected chi connectivity index (χ3v) is 5.14. The second-order valence-electron chi connectivity index (χ2n) is 6.96. The van der Waals surface area contributed by atoms with Crippen molar-refractivity contribution in [2.45, 2.75) is 25.4 Å². The molecule has 0 aliphatic carbocycles. The van der Waals surface area contributed by atoms with Gasteiger partial charge in [-0.2, -0.15) is 0 Å². The fraction of sp³-hybridized carbons (Fsp3) is 0.391. The van der Waals surface area contributed by atoms with Crippen LogP contribution in [0.5, 0.6) is 17.2 Å². The molecule has 30 heavy (non-hydrogen) atoms. The summed E-state index contributed by atoms with van der Waals surface area (Å²) in [7, 11) is 4.39. The normalized spacial score (nSPS) is 14.6. The van der Waals surface area contributed by atoms with Gasteiger partial charge in [-0.15, -0.1) is 0 Å². The molecule has 1 aliphatic rings. The summed E-state index contributed by atoms with van der Waals surface area (Å²) >= 11 is 0. The van der Waals surface area contributed by atoms with Gasteiger partial charge >= 0.3 is 5.97 Å². The van der Waals surface area contributed by atoms with E-state index in [9.17, 15) is 9.59 Å². The van der Waals surface area contributed by atoms with Crippen LogP contribution in [0.15, 0.2) is 42.5 Å². The van der Waals surface area contributed by atoms with Crippen LogP contribution in [0, 0.1) is 0 Å². The second-order valence-corrected chi connectivity index (χ2v) is 6.96. The van der Waals surface area contributed by atoms with Crippen LogP contribution in [-0.4, -0.2) is 51.2 Å². The Morgan fingerprint density at radius 3 is 2.10 bits per heavy atom. The van der Waals surface area contributed by atoms with E-state index in [0.717, 1.165) is 19.3 Å². The highest BCUT2D eigenvalue weighted by molar-refractivity contribution is 5.96. The van der Waals surface area contributed by atoms with Crippen molar-refractivity contribution >= 4 is 11.9 Å². The summed E-state index contributed by atoms with van der Waals surface area (Å²) in [6.45, 7) is 1.33. The maximum absolute atomic E-state index is 13.2. The van der Waals surface area contributed by atoms with Gasteiger partial charge in [-0.05, 0) is 31.4 Å². The van der Waals surface area contributed by atoms with Gasteiger partial charge in [0.1, 0.15) is 5.56 Å². The molecule has 1 aliphatic heterocycles. The van der Waals surface area contributed by atoms with Crippen LogP contribution < -0.4 is 14.2 Å². The molecule has 1 atom stereocenters. The fourth-order valence-electron chi connectivity index (χ4n) is 3.60. The van der Waals surface area contributed by atoms with Crippen LogP contribution in [0.3, 0.4) is 0 Å². The second kappa shape index (κ2) is 10.0. The molecular formula is C23H27NO6. The SMILES string of the molecule is COc1ccc(C(=O)OC(C(=O)N2CCCCC2)c2ccccc2)c(OC)c1OC. The van der Waals surface area contributed by atoms with Crippen LogP contribution in [0.1, 0.15) is 41.3 Å². The molecule has 1 unspecified atom stereocenters. The van der Waals surface area contributed by atoms with E-state index in [0.29, 0.717) is 24.4 Å². The van der Waals surface area contributed by atoms with E-state index >= 15 is 0 Å². The minimum Gasteiger partial charge on any atom is -0.493 e. The molecule has 3 rings (SSSR count). The standard InChI is InChI=1S/C23H27NO6/c1-27-18-13-12-17(20(28-2)21(18)29-3)23(26)30-19(16-10-6-4-7-11-16)22(25)24-14-8-5-9-15-24/h4,6-7,10-13,19H,5,8-9,14-15H2,1-3H3. The zero-order chi connectivity index (χ0) is 21.5. The monoisotopic (exact) mass is 413 g/mol. The molecule has 160 valence electrons. The smallest absolute Gasteiger partial charge is 0.343 e. The Hall–Kier alpha value is -3.22. The lowest BCUT2D eigenvalue weighted by atomic mass is 10.1. The highest BCUT2D eigenvalue weighted by atomic mass is 16.6. The van der Waals surface area contributed by atoms with Crippen molar-refractivity contribution in [3.63, 3.8) is 0 Å². The molecule has 0 spiro atoms. The van der Waals surface area contributed by atoms with Gasteiger partial charge in [0.25, 0.3) is 5.91 Å². The lowest BCUT2D eigenvalue weighted by Crippen LogP contribution is -2.40. The van der Waals surface area contributed by atoms with Crippen molar-refractivity contribution in [3.05, 3.63) is 53.6 Å². The third kappa shape index (κ3) is 4.50. The summed E-state index contributed by atoms with van der Waals surface area (Å²) in [5.74, 6) is 0.0164. The summed E-state index contributed by atoms with van der Waals surface area (Å²) in [5.41, 5.74) is 0.781. The molecule has 0 aromatic heterocycles. The van der Waals surface area contributed by atoms with Crippen LogP contribution >= 0.6 is 0 Å². The zero-order valence-corrected chi connectivity index (χ0v) is 17.6. The van der Waals surface area contributed by atoms with Crippen LogP contribution in [0.25, 0.3) is 0 Å². The number of benzene rings is 2. The number of methoxy groups -OCH3 is 3. The van der Waals surface area contributed by atoms with Crippen molar-refractivity contribution < 1.29 is 28.5 Å². The fourth-order valence-corrected chi connectivity index (χ4v) is 3.60. The van der Waals surface area contributed by atoms with E-state index in [1.165, 1.54) is 27.4 Å². The molecular weight excluding hydrogens is 386 g/mol. The first-order valence-corrected chi connectivity index (χ1v) is 9.94. The zero-order valence-electron chi connectivity index (χ0n) is 17.6. The molecule has 7 nitrogen and oxygen atoms in total. The number of esters is 1. The Kier molecular flexibility index (Phi) is 7.17. The number of hydrogen-bond acceptors (Lipinski definition) is 6. The van der Waals surface area contributed by atoms with E-state index < -0.39 is 12.1 Å². The summed E-state index contributed by atoms with van der Waals surface area (Å²) in [5, 5.41) is 0. The van der Waals surface area contributed by atoms with Crippen molar-refractivity contribution in [2.24, 2.45) is 0 Å².